The highest BCUT2D eigenvalue weighted by atomic mass is 19.4. The number of aromatic amines is 1. The fourth-order valence-corrected chi connectivity index (χ4v) is 6.29. The van der Waals surface area contributed by atoms with Crippen molar-refractivity contribution in [3.05, 3.63) is 93.6 Å². The van der Waals surface area contributed by atoms with E-state index in [0.717, 1.165) is 24.3 Å². The third-order valence-electron chi connectivity index (χ3n) is 8.73. The Kier molecular flexibility index (Phi) is 9.14. The molecular formula is C31H32F5N7O4. The number of hydrogen-bond acceptors (Lipinski definition) is 8. The average Bonchev–Trinajstić information content (AvgIpc) is 3.76. The molecule has 0 radical (unpaired) electrons. The van der Waals surface area contributed by atoms with Gasteiger partial charge in [-0.15, -0.1) is 5.10 Å². The van der Waals surface area contributed by atoms with Gasteiger partial charge in [-0.25, -0.2) is 23.7 Å². The normalized spacial score (nSPS) is 19.4. The van der Waals surface area contributed by atoms with Gasteiger partial charge in [0.15, 0.2) is 0 Å². The SMILES string of the molecule is O=C(Nc1nccn1Cc1ccc(C(F)(F)F)cc1N1CCC(O)CC1)C1CN(CCc2n[nH]c(=O)o2)C[C@H]1c1ccc(F)cc1F. The van der Waals surface area contributed by atoms with E-state index < -0.39 is 53.0 Å². The molecule has 47 heavy (non-hydrogen) atoms. The number of aliphatic hydroxyl groups excluding tert-OH is 1. The van der Waals surface area contributed by atoms with Crippen molar-refractivity contribution < 1.29 is 36.3 Å². The van der Waals surface area contributed by atoms with Crippen LogP contribution in [0, 0.1) is 17.6 Å². The number of rotatable bonds is 9. The van der Waals surface area contributed by atoms with Gasteiger partial charge < -0.3 is 23.9 Å². The lowest BCUT2D eigenvalue weighted by molar-refractivity contribution is -0.137. The summed E-state index contributed by atoms with van der Waals surface area (Å²) in [7, 11) is 0. The number of halogens is 5. The second kappa shape index (κ2) is 13.3. The number of alkyl halides is 3. The number of piperidine rings is 1. The van der Waals surface area contributed by atoms with Crippen molar-refractivity contribution in [1.29, 1.82) is 0 Å². The molecule has 0 bridgehead atoms. The number of carbonyl (C=O) groups excluding carboxylic acids is 1. The number of nitrogens with zero attached hydrogens (tertiary/aromatic N) is 5. The molecule has 2 aromatic carbocycles. The number of aliphatic hydroxyl groups is 1. The number of likely N-dealkylation sites (tertiary alicyclic amines) is 1. The smallest absolute Gasteiger partial charge is 0.393 e. The Morgan fingerprint density at radius 2 is 1.89 bits per heavy atom. The van der Waals surface area contributed by atoms with Crippen LogP contribution in [0.5, 0.6) is 0 Å². The van der Waals surface area contributed by atoms with Gasteiger partial charge in [-0.1, -0.05) is 12.1 Å². The summed E-state index contributed by atoms with van der Waals surface area (Å²) in [5, 5.41) is 18.7. The highest BCUT2D eigenvalue weighted by Gasteiger charge is 2.40. The second-order valence-electron chi connectivity index (χ2n) is 11.8. The molecule has 2 aliphatic heterocycles. The predicted octanol–water partition coefficient (Wildman–Crippen LogP) is 3.76. The Morgan fingerprint density at radius 1 is 1.11 bits per heavy atom. The largest absolute Gasteiger partial charge is 0.434 e. The van der Waals surface area contributed by atoms with E-state index in [9.17, 15) is 36.6 Å². The molecule has 0 spiro atoms. The van der Waals surface area contributed by atoms with E-state index in [-0.39, 0.29) is 43.5 Å². The zero-order chi connectivity index (χ0) is 33.3. The van der Waals surface area contributed by atoms with E-state index in [1.807, 2.05) is 9.80 Å². The van der Waals surface area contributed by atoms with Crippen LogP contribution >= 0.6 is 0 Å². The van der Waals surface area contributed by atoms with Crippen LogP contribution in [0.4, 0.5) is 33.6 Å². The number of amides is 1. The van der Waals surface area contributed by atoms with Gasteiger partial charge in [-0.3, -0.25) is 10.1 Å². The lowest BCUT2D eigenvalue weighted by Gasteiger charge is -2.33. The molecule has 16 heteroatoms. The summed E-state index contributed by atoms with van der Waals surface area (Å²) in [6, 6.07) is 6.73. The van der Waals surface area contributed by atoms with Crippen LogP contribution in [0.1, 0.15) is 41.3 Å². The third kappa shape index (κ3) is 7.38. The second-order valence-corrected chi connectivity index (χ2v) is 11.8. The fraction of sp³-hybridized carbons (Fsp3) is 0.419. The lowest BCUT2D eigenvalue weighted by Crippen LogP contribution is -2.36. The minimum atomic E-state index is -4.54. The first-order valence-electron chi connectivity index (χ1n) is 15.1. The number of carbonyl (C=O) groups is 1. The van der Waals surface area contributed by atoms with Crippen molar-refractivity contribution in [2.75, 3.05) is 42.9 Å². The molecule has 0 saturated carbocycles. The van der Waals surface area contributed by atoms with Crippen LogP contribution in [0.25, 0.3) is 0 Å². The van der Waals surface area contributed by atoms with E-state index >= 15 is 0 Å². The van der Waals surface area contributed by atoms with Crippen LogP contribution in [0.15, 0.2) is 58.0 Å². The van der Waals surface area contributed by atoms with Gasteiger partial charge in [0.1, 0.15) is 11.6 Å². The first-order chi connectivity index (χ1) is 22.4. The maximum absolute atomic E-state index is 15.0. The van der Waals surface area contributed by atoms with Crippen molar-refractivity contribution in [2.45, 2.75) is 44.0 Å². The summed E-state index contributed by atoms with van der Waals surface area (Å²) in [6.07, 6.45) is -0.918. The topological polar surface area (TPSA) is 133 Å². The Bertz CT molecular complexity index is 1780. The Morgan fingerprint density at radius 3 is 2.60 bits per heavy atom. The molecule has 3 N–H and O–H groups in total. The summed E-state index contributed by atoms with van der Waals surface area (Å²) in [5.41, 5.74) is 0.320. The van der Waals surface area contributed by atoms with Crippen molar-refractivity contribution in [2.24, 2.45) is 5.92 Å². The maximum Gasteiger partial charge on any atom is 0.434 e. The highest BCUT2D eigenvalue weighted by Crippen LogP contribution is 2.37. The molecule has 11 nitrogen and oxygen atoms in total. The lowest BCUT2D eigenvalue weighted by atomic mass is 9.88. The van der Waals surface area contributed by atoms with Crippen molar-refractivity contribution in [1.82, 2.24) is 24.6 Å². The molecule has 4 aromatic rings. The number of anilines is 2. The van der Waals surface area contributed by atoms with E-state index in [1.54, 1.807) is 10.8 Å². The van der Waals surface area contributed by atoms with E-state index in [1.165, 1.54) is 18.3 Å². The van der Waals surface area contributed by atoms with Gasteiger partial charge in [0.05, 0.1) is 24.1 Å². The fourth-order valence-electron chi connectivity index (χ4n) is 6.29. The summed E-state index contributed by atoms with van der Waals surface area (Å²) >= 11 is 0. The van der Waals surface area contributed by atoms with Gasteiger partial charge >= 0.3 is 11.9 Å². The summed E-state index contributed by atoms with van der Waals surface area (Å²) < 4.78 is 76.2. The van der Waals surface area contributed by atoms with E-state index in [0.29, 0.717) is 43.7 Å². The predicted molar refractivity (Wildman–Crippen MR) is 159 cm³/mol. The number of H-pyrrole nitrogens is 1. The first-order valence-corrected chi connectivity index (χ1v) is 15.1. The molecule has 0 aliphatic carbocycles. The summed E-state index contributed by atoms with van der Waals surface area (Å²) in [5.74, 6) is -3.82. The molecule has 250 valence electrons. The molecular weight excluding hydrogens is 629 g/mol. The quantitative estimate of drug-likeness (QED) is 0.231. The van der Waals surface area contributed by atoms with Crippen LogP contribution in [-0.4, -0.2) is 74.5 Å². The van der Waals surface area contributed by atoms with E-state index in [4.69, 9.17) is 4.42 Å². The minimum absolute atomic E-state index is 0.0871. The first kappa shape index (κ1) is 32.4. The molecule has 2 saturated heterocycles. The molecule has 2 aromatic heterocycles. The Hall–Kier alpha value is -4.57. The zero-order valence-electron chi connectivity index (χ0n) is 25.0. The number of benzene rings is 2. The average molecular weight is 662 g/mol. The van der Waals surface area contributed by atoms with E-state index in [2.05, 4.69) is 20.5 Å². The molecule has 2 atom stereocenters. The van der Waals surface area contributed by atoms with Crippen LogP contribution < -0.4 is 16.0 Å². The van der Waals surface area contributed by atoms with Crippen LogP contribution in [0.2, 0.25) is 0 Å². The van der Waals surface area contributed by atoms with Crippen LogP contribution in [-0.2, 0) is 23.9 Å². The summed E-state index contributed by atoms with van der Waals surface area (Å²) in [6.45, 7) is 1.65. The number of hydrogen-bond donors (Lipinski definition) is 3. The van der Waals surface area contributed by atoms with Gasteiger partial charge in [0, 0.05) is 69.2 Å². The highest BCUT2D eigenvalue weighted by molar-refractivity contribution is 5.92. The monoisotopic (exact) mass is 661 g/mol. The van der Waals surface area contributed by atoms with Gasteiger partial charge in [-0.05, 0) is 42.2 Å². The van der Waals surface area contributed by atoms with Crippen molar-refractivity contribution in [3.8, 4) is 0 Å². The molecule has 2 aliphatic rings. The van der Waals surface area contributed by atoms with Gasteiger partial charge in [0.2, 0.25) is 17.7 Å². The third-order valence-corrected chi connectivity index (χ3v) is 8.73. The molecule has 2 fully saturated rings. The van der Waals surface area contributed by atoms with Crippen molar-refractivity contribution >= 4 is 17.5 Å². The minimum Gasteiger partial charge on any atom is -0.393 e. The Balaban J connectivity index is 1.22. The van der Waals surface area contributed by atoms with Crippen LogP contribution in [0.3, 0.4) is 0 Å². The maximum atomic E-state index is 15.0. The van der Waals surface area contributed by atoms with Gasteiger partial charge in [-0.2, -0.15) is 13.2 Å². The Labute approximate surface area is 265 Å². The van der Waals surface area contributed by atoms with Crippen molar-refractivity contribution in [3.63, 3.8) is 0 Å². The molecule has 1 unspecified atom stereocenters. The molecule has 4 heterocycles. The van der Waals surface area contributed by atoms with Gasteiger partial charge in [0.25, 0.3) is 0 Å². The number of aromatic nitrogens is 4. The molecule has 1 amide bonds. The molecule has 6 rings (SSSR count). The summed E-state index contributed by atoms with van der Waals surface area (Å²) in [4.78, 5) is 33.1. The number of imidazole rings is 1. The number of nitrogens with one attached hydrogen (secondary N) is 2. The zero-order valence-corrected chi connectivity index (χ0v) is 25.0. The standard InChI is InChI=1S/C31H32F5N7O4/c32-20-3-4-22(25(33)14-20)23-16-41(9-7-27-39-40-30(46)47-27)17-24(23)28(45)38-29-37-8-12-43(29)15-18-1-2-19(31(34,35)36)13-26(18)42-10-5-21(44)6-11-42/h1-4,8,12-14,21,23-24,44H,5-7,9-11,15-17H2,(H,40,46)(H,37,38,45)/t23-,24?/m0/s1.